The maximum Gasteiger partial charge on any atom is 0.269 e. The molecule has 1 heterocycles. The number of likely N-dealkylation sites (N-methyl/N-ethyl adjacent to an activating group) is 1. The Labute approximate surface area is 157 Å². The van der Waals surface area contributed by atoms with Gasteiger partial charge >= 0.3 is 0 Å². The summed E-state index contributed by atoms with van der Waals surface area (Å²) in [5.41, 5.74) is 1.04. The number of rotatable bonds is 9. The zero-order valence-corrected chi connectivity index (χ0v) is 16.6. The highest BCUT2D eigenvalue weighted by Crippen LogP contribution is 2.22. The van der Waals surface area contributed by atoms with Crippen LogP contribution in [0.4, 0.5) is 5.13 Å². The summed E-state index contributed by atoms with van der Waals surface area (Å²) in [6.45, 7) is 7.20. The summed E-state index contributed by atoms with van der Waals surface area (Å²) in [4.78, 5) is 13.2. The number of anilines is 1. The molecule has 2 rings (SSSR count). The van der Waals surface area contributed by atoms with Crippen LogP contribution in [0.3, 0.4) is 0 Å². The first-order valence-electron chi connectivity index (χ1n) is 8.27. The van der Waals surface area contributed by atoms with Gasteiger partial charge in [-0.05, 0) is 18.7 Å². The predicted molar refractivity (Wildman–Crippen MR) is 102 cm³/mol. The molecule has 0 spiro atoms. The van der Waals surface area contributed by atoms with E-state index >= 15 is 0 Å². The molecule has 0 aliphatic heterocycles. The van der Waals surface area contributed by atoms with Crippen LogP contribution in [0.5, 0.6) is 0 Å². The van der Waals surface area contributed by atoms with Crippen LogP contribution in [0.2, 0.25) is 0 Å². The van der Waals surface area contributed by atoms with Crippen LogP contribution in [0.15, 0.2) is 34.7 Å². The van der Waals surface area contributed by atoms with Gasteiger partial charge in [0.2, 0.25) is 15.4 Å². The lowest BCUT2D eigenvalue weighted by Crippen LogP contribution is -2.38. The smallest absolute Gasteiger partial charge is 0.269 e. The van der Waals surface area contributed by atoms with E-state index in [4.69, 9.17) is 0 Å². The summed E-state index contributed by atoms with van der Waals surface area (Å²) in [6, 6.07) is 9.67. The van der Waals surface area contributed by atoms with Gasteiger partial charge in [0.05, 0.1) is 0 Å². The number of sulfonamides is 1. The molecule has 1 atom stereocenters. The van der Waals surface area contributed by atoms with Crippen LogP contribution in [0, 0.1) is 0 Å². The van der Waals surface area contributed by atoms with Crippen molar-refractivity contribution in [1.82, 2.24) is 19.8 Å². The molecule has 8 nitrogen and oxygen atoms in total. The Kier molecular flexibility index (Phi) is 7.21. The lowest BCUT2D eigenvalue weighted by molar-refractivity contribution is -0.114. The molecule has 0 saturated heterocycles. The normalized spacial score (nSPS) is 12.9. The summed E-state index contributed by atoms with van der Waals surface area (Å²) in [5, 5.41) is 9.93. The molecule has 0 aliphatic carbocycles. The molecular formula is C16H23N5O3S2. The minimum Gasteiger partial charge on any atom is -0.301 e. The maximum absolute atomic E-state index is 12.5. The first-order chi connectivity index (χ1) is 12.4. The van der Waals surface area contributed by atoms with Gasteiger partial charge in [-0.2, -0.15) is 0 Å². The first-order valence-corrected chi connectivity index (χ1v) is 10.6. The molecule has 0 bridgehead atoms. The number of aromatic nitrogens is 2. The van der Waals surface area contributed by atoms with Crippen LogP contribution < -0.4 is 10.0 Å². The molecule has 2 aromatic rings. The largest absolute Gasteiger partial charge is 0.301 e. The number of amides is 1. The molecule has 0 radical (unpaired) electrons. The van der Waals surface area contributed by atoms with Crippen molar-refractivity contribution in [2.45, 2.75) is 31.2 Å². The van der Waals surface area contributed by atoms with E-state index in [9.17, 15) is 13.2 Å². The van der Waals surface area contributed by atoms with Crippen LogP contribution in [-0.2, 0) is 14.8 Å². The lowest BCUT2D eigenvalue weighted by atomic mass is 10.1. The lowest BCUT2D eigenvalue weighted by Gasteiger charge is -2.30. The minimum atomic E-state index is -3.81. The Bertz CT molecular complexity index is 819. The fourth-order valence-electron chi connectivity index (χ4n) is 2.57. The second-order valence-corrected chi connectivity index (χ2v) is 8.47. The molecule has 1 aromatic heterocycles. The quantitative estimate of drug-likeness (QED) is 0.626. The third-order valence-electron chi connectivity index (χ3n) is 3.82. The van der Waals surface area contributed by atoms with E-state index in [1.165, 1.54) is 6.92 Å². The Hall–Kier alpha value is -1.88. The molecule has 1 amide bonds. The third-order valence-corrected chi connectivity index (χ3v) is 6.45. The maximum atomic E-state index is 12.5. The zero-order valence-electron chi connectivity index (χ0n) is 15.0. The van der Waals surface area contributed by atoms with Crippen molar-refractivity contribution in [3.63, 3.8) is 0 Å². The van der Waals surface area contributed by atoms with Crippen molar-refractivity contribution in [3.05, 3.63) is 35.9 Å². The standard InChI is InChI=1S/C16H23N5O3S2/c1-4-21(5-2)14(13-9-7-6-8-10-13)11-17-26(23,24)16-20-19-15(25-16)18-12(3)22/h6-10,14,17H,4-5,11H2,1-3H3,(H,18,19,22). The van der Waals surface area contributed by atoms with E-state index in [1.54, 1.807) is 0 Å². The Morgan fingerprint density at radius 1 is 1.19 bits per heavy atom. The number of carbonyl (C=O) groups excluding carboxylic acids is 1. The van der Waals surface area contributed by atoms with E-state index < -0.39 is 10.0 Å². The Morgan fingerprint density at radius 2 is 1.85 bits per heavy atom. The van der Waals surface area contributed by atoms with Crippen molar-refractivity contribution in [2.24, 2.45) is 0 Å². The predicted octanol–water partition coefficient (Wildman–Crippen LogP) is 1.86. The highest BCUT2D eigenvalue weighted by atomic mass is 32.2. The molecule has 26 heavy (non-hydrogen) atoms. The summed E-state index contributed by atoms with van der Waals surface area (Å²) in [5.74, 6) is -0.330. The summed E-state index contributed by atoms with van der Waals surface area (Å²) < 4.78 is 27.5. The molecule has 0 aliphatic rings. The summed E-state index contributed by atoms with van der Waals surface area (Å²) in [7, 11) is -3.81. The van der Waals surface area contributed by atoms with E-state index in [0.717, 1.165) is 30.0 Å². The molecule has 1 aromatic carbocycles. The van der Waals surface area contributed by atoms with E-state index in [-0.39, 0.29) is 28.0 Å². The number of carbonyl (C=O) groups is 1. The SMILES string of the molecule is CCN(CC)C(CNS(=O)(=O)c1nnc(NC(C)=O)s1)c1ccccc1. The molecule has 2 N–H and O–H groups in total. The topological polar surface area (TPSA) is 104 Å². The molecule has 0 saturated carbocycles. The van der Waals surface area contributed by atoms with E-state index in [0.29, 0.717) is 0 Å². The minimum absolute atomic E-state index is 0.0938. The highest BCUT2D eigenvalue weighted by Gasteiger charge is 2.24. The van der Waals surface area contributed by atoms with Gasteiger partial charge in [-0.15, -0.1) is 10.2 Å². The van der Waals surface area contributed by atoms with Crippen LogP contribution in [0.25, 0.3) is 0 Å². The van der Waals surface area contributed by atoms with Gasteiger partial charge in [0.1, 0.15) is 0 Å². The summed E-state index contributed by atoms with van der Waals surface area (Å²) >= 11 is 0.817. The fourth-order valence-corrected chi connectivity index (χ4v) is 4.59. The molecular weight excluding hydrogens is 374 g/mol. The third kappa shape index (κ3) is 5.31. The van der Waals surface area contributed by atoms with Gasteiger partial charge in [-0.25, -0.2) is 13.1 Å². The van der Waals surface area contributed by atoms with Crippen molar-refractivity contribution >= 4 is 32.4 Å². The average Bonchev–Trinajstić information content (AvgIpc) is 3.08. The van der Waals surface area contributed by atoms with Crippen molar-refractivity contribution in [1.29, 1.82) is 0 Å². The fraction of sp³-hybridized carbons (Fsp3) is 0.438. The van der Waals surface area contributed by atoms with Crippen LogP contribution in [0.1, 0.15) is 32.4 Å². The van der Waals surface area contributed by atoms with Crippen LogP contribution in [-0.4, -0.2) is 49.1 Å². The van der Waals surface area contributed by atoms with E-state index in [1.807, 2.05) is 44.2 Å². The zero-order chi connectivity index (χ0) is 19.2. The van der Waals surface area contributed by atoms with Gasteiger partial charge < -0.3 is 5.32 Å². The van der Waals surface area contributed by atoms with Gasteiger partial charge in [-0.3, -0.25) is 9.69 Å². The second-order valence-electron chi connectivity index (χ2n) is 5.55. The number of hydrogen-bond donors (Lipinski definition) is 2. The Morgan fingerprint density at radius 3 is 2.42 bits per heavy atom. The number of hydrogen-bond acceptors (Lipinski definition) is 7. The number of benzene rings is 1. The van der Waals surface area contributed by atoms with Crippen molar-refractivity contribution < 1.29 is 13.2 Å². The molecule has 10 heteroatoms. The van der Waals surface area contributed by atoms with Crippen molar-refractivity contribution in [3.8, 4) is 0 Å². The number of nitrogens with one attached hydrogen (secondary N) is 2. The average molecular weight is 398 g/mol. The van der Waals surface area contributed by atoms with Crippen molar-refractivity contribution in [2.75, 3.05) is 25.0 Å². The molecule has 142 valence electrons. The molecule has 0 fully saturated rings. The summed E-state index contributed by atoms with van der Waals surface area (Å²) in [6.07, 6.45) is 0. The van der Waals surface area contributed by atoms with E-state index in [2.05, 4.69) is 25.1 Å². The number of nitrogens with zero attached hydrogens (tertiary/aromatic N) is 3. The monoisotopic (exact) mass is 397 g/mol. The van der Waals surface area contributed by atoms with Gasteiger partial charge in [0.25, 0.3) is 10.0 Å². The highest BCUT2D eigenvalue weighted by molar-refractivity contribution is 7.91. The van der Waals surface area contributed by atoms with Gasteiger partial charge in [-0.1, -0.05) is 55.5 Å². The Balaban J connectivity index is 2.16. The second kappa shape index (κ2) is 9.17. The van der Waals surface area contributed by atoms with Gasteiger partial charge in [0.15, 0.2) is 0 Å². The van der Waals surface area contributed by atoms with Crippen LogP contribution >= 0.6 is 11.3 Å². The first kappa shape index (κ1) is 20.4. The van der Waals surface area contributed by atoms with Gasteiger partial charge in [0, 0.05) is 19.5 Å². The molecule has 1 unspecified atom stereocenters.